The van der Waals surface area contributed by atoms with Gasteiger partial charge in [-0.05, 0) is 17.7 Å². The number of morpholine rings is 1. The number of benzene rings is 1. The van der Waals surface area contributed by atoms with Crippen molar-refractivity contribution in [1.29, 1.82) is 0 Å². The number of rotatable bonds is 3. The highest BCUT2D eigenvalue weighted by Gasteiger charge is 2.14. The fraction of sp³-hybridized carbons (Fsp3) is 0.455. The molecule has 0 aliphatic carbocycles. The maximum absolute atomic E-state index is 8.61. The molecule has 1 aromatic carbocycles. The third-order valence-corrected chi connectivity index (χ3v) is 2.95. The normalized spacial score (nSPS) is 16.5. The summed E-state index contributed by atoms with van der Waals surface area (Å²) in [5, 5.41) is 9.33. The van der Waals surface area contributed by atoms with Crippen LogP contribution in [0.5, 0.6) is 0 Å². The highest BCUT2D eigenvalue weighted by atomic mass is 35.5. The van der Waals surface area contributed by atoms with E-state index in [0.29, 0.717) is 6.54 Å². The van der Waals surface area contributed by atoms with Crippen molar-refractivity contribution in [3.05, 3.63) is 28.8 Å². The topological polar surface area (TPSA) is 44.7 Å². The molecule has 1 heterocycles. The first kappa shape index (κ1) is 11.7. The number of hydrogen-bond donors (Lipinski definition) is 2. The molecule has 4 nitrogen and oxygen atoms in total. The van der Waals surface area contributed by atoms with Crippen molar-refractivity contribution in [3.63, 3.8) is 0 Å². The monoisotopic (exact) mass is 242 g/mol. The minimum Gasteiger partial charge on any atom is -0.378 e. The van der Waals surface area contributed by atoms with Gasteiger partial charge in [0.1, 0.15) is 0 Å². The van der Waals surface area contributed by atoms with Crippen LogP contribution < -0.4 is 10.4 Å². The summed E-state index contributed by atoms with van der Waals surface area (Å²) >= 11 is 6.21. The molecule has 16 heavy (non-hydrogen) atoms. The third kappa shape index (κ3) is 2.65. The molecule has 1 aliphatic heterocycles. The molecule has 0 bridgehead atoms. The lowest BCUT2D eigenvalue weighted by Gasteiger charge is -2.29. The Morgan fingerprint density at radius 3 is 2.75 bits per heavy atom. The molecule has 0 spiro atoms. The lowest BCUT2D eigenvalue weighted by Crippen LogP contribution is -2.36. The van der Waals surface area contributed by atoms with Gasteiger partial charge in [-0.2, -0.15) is 0 Å². The van der Waals surface area contributed by atoms with E-state index in [9.17, 15) is 0 Å². The second-order valence-corrected chi connectivity index (χ2v) is 4.13. The van der Waals surface area contributed by atoms with Crippen molar-refractivity contribution < 1.29 is 9.94 Å². The minimum absolute atomic E-state index is 0.406. The molecule has 2 N–H and O–H groups in total. The van der Waals surface area contributed by atoms with Gasteiger partial charge >= 0.3 is 0 Å². The van der Waals surface area contributed by atoms with E-state index in [2.05, 4.69) is 10.4 Å². The van der Waals surface area contributed by atoms with Gasteiger partial charge in [-0.25, -0.2) is 5.48 Å². The number of nitrogens with zero attached hydrogens (tertiary/aromatic N) is 1. The van der Waals surface area contributed by atoms with Gasteiger partial charge in [0.2, 0.25) is 0 Å². The molecule has 0 unspecified atom stereocenters. The Kier molecular flexibility index (Phi) is 4.01. The van der Waals surface area contributed by atoms with E-state index in [4.69, 9.17) is 21.5 Å². The van der Waals surface area contributed by atoms with Gasteiger partial charge in [0.05, 0.1) is 23.9 Å². The molecule has 0 radical (unpaired) electrons. The molecule has 0 aromatic heterocycles. The van der Waals surface area contributed by atoms with Crippen LogP contribution in [0.3, 0.4) is 0 Å². The van der Waals surface area contributed by atoms with Crippen molar-refractivity contribution >= 4 is 17.3 Å². The van der Waals surface area contributed by atoms with Crippen molar-refractivity contribution in [3.8, 4) is 0 Å². The molecule has 0 saturated carbocycles. The maximum atomic E-state index is 8.61. The molecule has 0 amide bonds. The van der Waals surface area contributed by atoms with E-state index in [1.165, 1.54) is 0 Å². The van der Waals surface area contributed by atoms with Gasteiger partial charge in [0.15, 0.2) is 0 Å². The summed E-state index contributed by atoms with van der Waals surface area (Å²) in [7, 11) is 0. The molecule has 0 atom stereocenters. The Morgan fingerprint density at radius 1 is 1.38 bits per heavy atom. The lowest BCUT2D eigenvalue weighted by molar-refractivity contribution is 0.122. The Hall–Kier alpha value is -0.810. The van der Waals surface area contributed by atoms with Crippen LogP contribution in [-0.2, 0) is 11.3 Å². The Balaban J connectivity index is 2.14. The van der Waals surface area contributed by atoms with Crippen molar-refractivity contribution in [2.24, 2.45) is 0 Å². The highest BCUT2D eigenvalue weighted by Crippen LogP contribution is 2.27. The van der Waals surface area contributed by atoms with Gasteiger partial charge in [-0.1, -0.05) is 17.7 Å². The first-order valence-electron chi connectivity index (χ1n) is 5.29. The molecular weight excluding hydrogens is 228 g/mol. The number of anilines is 1. The number of ether oxygens (including phenoxy) is 1. The first-order chi connectivity index (χ1) is 7.81. The second kappa shape index (κ2) is 5.50. The summed E-state index contributed by atoms with van der Waals surface area (Å²) < 4.78 is 5.30. The molecule has 2 rings (SSSR count). The molecule has 1 aromatic rings. The largest absolute Gasteiger partial charge is 0.378 e. The van der Waals surface area contributed by atoms with E-state index in [1.54, 1.807) is 0 Å². The SMILES string of the molecule is ONCc1ccc(N2CCOCC2)c(Cl)c1. The van der Waals surface area contributed by atoms with Crippen LogP contribution in [-0.4, -0.2) is 31.5 Å². The molecule has 5 heteroatoms. The number of hydroxylamine groups is 1. The van der Waals surface area contributed by atoms with Crippen LogP contribution in [0.15, 0.2) is 18.2 Å². The molecule has 88 valence electrons. The van der Waals surface area contributed by atoms with Crippen LogP contribution in [0, 0.1) is 0 Å². The summed E-state index contributed by atoms with van der Waals surface area (Å²) in [6.45, 7) is 3.64. The molecule has 1 fully saturated rings. The third-order valence-electron chi connectivity index (χ3n) is 2.65. The zero-order chi connectivity index (χ0) is 11.4. The fourth-order valence-corrected chi connectivity index (χ4v) is 2.14. The van der Waals surface area contributed by atoms with Crippen LogP contribution in [0.1, 0.15) is 5.56 Å². The van der Waals surface area contributed by atoms with E-state index < -0.39 is 0 Å². The lowest BCUT2D eigenvalue weighted by atomic mass is 10.2. The van der Waals surface area contributed by atoms with Crippen LogP contribution in [0.4, 0.5) is 5.69 Å². The van der Waals surface area contributed by atoms with E-state index in [1.807, 2.05) is 18.2 Å². The van der Waals surface area contributed by atoms with Crippen molar-refractivity contribution in [1.82, 2.24) is 5.48 Å². The van der Waals surface area contributed by atoms with Gasteiger partial charge in [-0.15, -0.1) is 0 Å². The second-order valence-electron chi connectivity index (χ2n) is 3.72. The quantitative estimate of drug-likeness (QED) is 0.792. The predicted octanol–water partition coefficient (Wildman–Crippen LogP) is 1.66. The van der Waals surface area contributed by atoms with E-state index >= 15 is 0 Å². The molecule has 1 aliphatic rings. The highest BCUT2D eigenvalue weighted by molar-refractivity contribution is 6.33. The Bertz CT molecular complexity index is 354. The van der Waals surface area contributed by atoms with Crippen LogP contribution >= 0.6 is 11.6 Å². The first-order valence-corrected chi connectivity index (χ1v) is 5.67. The van der Waals surface area contributed by atoms with Crippen molar-refractivity contribution in [2.75, 3.05) is 31.2 Å². The molecular formula is C11H15ClN2O2. The summed E-state index contributed by atoms with van der Waals surface area (Å²) in [5.41, 5.74) is 4.11. The van der Waals surface area contributed by atoms with Crippen molar-refractivity contribution in [2.45, 2.75) is 6.54 Å². The average Bonchev–Trinajstić information content (AvgIpc) is 2.31. The van der Waals surface area contributed by atoms with Crippen LogP contribution in [0.25, 0.3) is 0 Å². The number of hydrogen-bond acceptors (Lipinski definition) is 4. The average molecular weight is 243 g/mol. The van der Waals surface area contributed by atoms with Gasteiger partial charge in [0, 0.05) is 19.6 Å². The van der Waals surface area contributed by atoms with Gasteiger partial charge in [0.25, 0.3) is 0 Å². The van der Waals surface area contributed by atoms with Crippen LogP contribution in [0.2, 0.25) is 5.02 Å². The van der Waals surface area contributed by atoms with Gasteiger partial charge < -0.3 is 14.8 Å². The summed E-state index contributed by atoms with van der Waals surface area (Å²) in [6, 6.07) is 5.82. The standard InChI is InChI=1S/C11H15ClN2O2/c12-10-7-9(8-13-15)1-2-11(10)14-3-5-16-6-4-14/h1-2,7,13,15H,3-6,8H2. The number of nitrogens with one attached hydrogen (secondary N) is 1. The predicted molar refractivity (Wildman–Crippen MR) is 63.1 cm³/mol. The Labute approximate surface area is 99.7 Å². The smallest absolute Gasteiger partial charge is 0.0642 e. The summed E-state index contributed by atoms with van der Waals surface area (Å²) in [4.78, 5) is 2.21. The zero-order valence-electron chi connectivity index (χ0n) is 8.95. The van der Waals surface area contributed by atoms with E-state index in [0.717, 1.165) is 42.6 Å². The molecule has 1 saturated heterocycles. The minimum atomic E-state index is 0.406. The maximum Gasteiger partial charge on any atom is 0.0642 e. The Morgan fingerprint density at radius 2 is 2.12 bits per heavy atom. The summed E-state index contributed by atoms with van der Waals surface area (Å²) in [5.74, 6) is 0. The summed E-state index contributed by atoms with van der Waals surface area (Å²) in [6.07, 6.45) is 0. The van der Waals surface area contributed by atoms with Gasteiger partial charge in [-0.3, -0.25) is 0 Å². The number of halogens is 1. The zero-order valence-corrected chi connectivity index (χ0v) is 9.70. The van der Waals surface area contributed by atoms with E-state index in [-0.39, 0.29) is 0 Å². The fourth-order valence-electron chi connectivity index (χ4n) is 1.81.